The third-order valence-corrected chi connectivity index (χ3v) is 5.64. The van der Waals surface area contributed by atoms with Crippen molar-refractivity contribution < 1.29 is 4.74 Å². The van der Waals surface area contributed by atoms with E-state index in [0.29, 0.717) is 12.1 Å². The first-order valence-electron chi connectivity index (χ1n) is 8.21. The van der Waals surface area contributed by atoms with Gasteiger partial charge in [0.1, 0.15) is 0 Å². The van der Waals surface area contributed by atoms with Crippen LogP contribution in [-0.4, -0.2) is 54.7 Å². The highest BCUT2D eigenvalue weighted by molar-refractivity contribution is 7.10. The van der Waals surface area contributed by atoms with E-state index >= 15 is 0 Å². The Labute approximate surface area is 142 Å². The number of hydrogen-bond donors (Lipinski definition) is 0. The SMILES string of the molecule is C[C@@H](c1ccncc1)N(C)C[C@H](c1cccs1)N1CCOCC1. The van der Waals surface area contributed by atoms with Gasteiger partial charge in [-0.25, -0.2) is 0 Å². The summed E-state index contributed by atoms with van der Waals surface area (Å²) in [6, 6.07) is 9.44. The number of aromatic nitrogens is 1. The highest BCUT2D eigenvalue weighted by atomic mass is 32.1. The second kappa shape index (κ2) is 8.02. The van der Waals surface area contributed by atoms with Crippen LogP contribution in [0, 0.1) is 0 Å². The maximum absolute atomic E-state index is 5.53. The van der Waals surface area contributed by atoms with Gasteiger partial charge in [0, 0.05) is 42.9 Å². The Balaban J connectivity index is 1.72. The van der Waals surface area contributed by atoms with Crippen LogP contribution in [0.3, 0.4) is 0 Å². The van der Waals surface area contributed by atoms with Crippen LogP contribution in [-0.2, 0) is 4.74 Å². The first kappa shape index (κ1) is 16.6. The van der Waals surface area contributed by atoms with Gasteiger partial charge in [0.15, 0.2) is 0 Å². The van der Waals surface area contributed by atoms with E-state index in [1.807, 2.05) is 23.7 Å². The van der Waals surface area contributed by atoms with Crippen LogP contribution in [0.15, 0.2) is 42.0 Å². The molecule has 1 saturated heterocycles. The van der Waals surface area contributed by atoms with Crippen molar-refractivity contribution in [1.29, 1.82) is 0 Å². The van der Waals surface area contributed by atoms with Crippen molar-refractivity contribution >= 4 is 11.3 Å². The average molecular weight is 331 g/mol. The van der Waals surface area contributed by atoms with Crippen molar-refractivity contribution in [3.8, 4) is 0 Å². The Kier molecular flexibility index (Phi) is 5.78. The number of likely N-dealkylation sites (N-methyl/N-ethyl adjacent to an activating group) is 1. The molecular formula is C18H25N3OS. The molecule has 0 aromatic carbocycles. The molecule has 2 aromatic heterocycles. The van der Waals surface area contributed by atoms with Crippen molar-refractivity contribution in [2.75, 3.05) is 39.9 Å². The molecule has 0 N–H and O–H groups in total. The van der Waals surface area contributed by atoms with Crippen molar-refractivity contribution in [3.63, 3.8) is 0 Å². The summed E-state index contributed by atoms with van der Waals surface area (Å²) in [6.45, 7) is 6.99. The third-order valence-electron chi connectivity index (χ3n) is 4.67. The second-order valence-electron chi connectivity index (χ2n) is 6.08. The molecule has 3 heterocycles. The Bertz CT molecular complexity index is 569. The number of rotatable bonds is 6. The normalized spacial score (nSPS) is 18.9. The van der Waals surface area contributed by atoms with Gasteiger partial charge in [0.05, 0.1) is 19.3 Å². The predicted octanol–water partition coefficient (Wildman–Crippen LogP) is 3.21. The maximum Gasteiger partial charge on any atom is 0.0594 e. The number of hydrogen-bond acceptors (Lipinski definition) is 5. The van der Waals surface area contributed by atoms with E-state index in [0.717, 1.165) is 32.8 Å². The van der Waals surface area contributed by atoms with Crippen LogP contribution in [0.4, 0.5) is 0 Å². The average Bonchev–Trinajstić information content (AvgIpc) is 3.14. The van der Waals surface area contributed by atoms with Crippen molar-refractivity contribution in [2.45, 2.75) is 19.0 Å². The number of ether oxygens (including phenoxy) is 1. The monoisotopic (exact) mass is 331 g/mol. The maximum atomic E-state index is 5.53. The fourth-order valence-electron chi connectivity index (χ4n) is 3.08. The van der Waals surface area contributed by atoms with Crippen LogP contribution in [0.5, 0.6) is 0 Å². The van der Waals surface area contributed by atoms with Crippen LogP contribution in [0.1, 0.15) is 29.4 Å². The minimum atomic E-state index is 0.376. The van der Waals surface area contributed by atoms with Crippen molar-refractivity contribution in [3.05, 3.63) is 52.5 Å². The van der Waals surface area contributed by atoms with Gasteiger partial charge in [-0.2, -0.15) is 0 Å². The molecule has 1 fully saturated rings. The zero-order valence-electron chi connectivity index (χ0n) is 13.9. The first-order valence-corrected chi connectivity index (χ1v) is 9.09. The number of nitrogens with zero attached hydrogens (tertiary/aromatic N) is 3. The van der Waals surface area contributed by atoms with Gasteiger partial charge in [-0.15, -0.1) is 11.3 Å². The second-order valence-corrected chi connectivity index (χ2v) is 7.05. The van der Waals surface area contributed by atoms with Gasteiger partial charge < -0.3 is 4.74 Å². The standard InChI is InChI=1S/C18H25N3OS/c1-15(16-5-7-19-8-6-16)20(2)14-17(18-4-3-13-23-18)21-9-11-22-12-10-21/h3-8,13,15,17H,9-12,14H2,1-2H3/t15-,17+/m0/s1. The number of pyridine rings is 1. The highest BCUT2D eigenvalue weighted by Gasteiger charge is 2.26. The van der Waals surface area contributed by atoms with Gasteiger partial charge in [0.25, 0.3) is 0 Å². The molecule has 0 saturated carbocycles. The zero-order chi connectivity index (χ0) is 16.1. The Hall–Kier alpha value is -1.27. The molecule has 2 aromatic rings. The molecule has 1 aliphatic rings. The van der Waals surface area contributed by atoms with E-state index in [2.05, 4.69) is 58.4 Å². The van der Waals surface area contributed by atoms with E-state index in [9.17, 15) is 0 Å². The molecule has 3 rings (SSSR count). The first-order chi connectivity index (χ1) is 11.3. The summed E-state index contributed by atoms with van der Waals surface area (Å²) < 4.78 is 5.53. The minimum Gasteiger partial charge on any atom is -0.379 e. The van der Waals surface area contributed by atoms with E-state index in [1.165, 1.54) is 10.4 Å². The molecule has 4 nitrogen and oxygen atoms in total. The molecule has 5 heteroatoms. The largest absolute Gasteiger partial charge is 0.379 e. The summed E-state index contributed by atoms with van der Waals surface area (Å²) in [6.07, 6.45) is 3.75. The van der Waals surface area contributed by atoms with E-state index in [1.54, 1.807) is 0 Å². The lowest BCUT2D eigenvalue weighted by atomic mass is 10.1. The lowest BCUT2D eigenvalue weighted by molar-refractivity contribution is 0.00767. The lowest BCUT2D eigenvalue weighted by Gasteiger charge is -2.37. The quantitative estimate of drug-likeness (QED) is 0.813. The fourth-order valence-corrected chi connectivity index (χ4v) is 3.93. The zero-order valence-corrected chi connectivity index (χ0v) is 14.7. The van der Waals surface area contributed by atoms with Gasteiger partial charge in [0.2, 0.25) is 0 Å². The van der Waals surface area contributed by atoms with Crippen molar-refractivity contribution in [1.82, 2.24) is 14.8 Å². The molecule has 1 aliphatic heterocycles. The summed E-state index contributed by atoms with van der Waals surface area (Å²) in [5, 5.41) is 2.18. The molecule has 2 atom stereocenters. The molecular weight excluding hydrogens is 306 g/mol. The summed E-state index contributed by atoms with van der Waals surface area (Å²) >= 11 is 1.86. The third kappa shape index (κ3) is 4.18. The van der Waals surface area contributed by atoms with Crippen molar-refractivity contribution in [2.24, 2.45) is 0 Å². The molecule has 124 valence electrons. The lowest BCUT2D eigenvalue weighted by Crippen LogP contribution is -2.43. The minimum absolute atomic E-state index is 0.376. The highest BCUT2D eigenvalue weighted by Crippen LogP contribution is 2.29. The molecule has 0 bridgehead atoms. The molecule has 0 aliphatic carbocycles. The van der Waals surface area contributed by atoms with Gasteiger partial charge in [-0.05, 0) is 43.1 Å². The molecule has 23 heavy (non-hydrogen) atoms. The topological polar surface area (TPSA) is 28.6 Å². The fraction of sp³-hybridized carbons (Fsp3) is 0.500. The van der Waals surface area contributed by atoms with Crippen LogP contribution < -0.4 is 0 Å². The van der Waals surface area contributed by atoms with Gasteiger partial charge >= 0.3 is 0 Å². The van der Waals surface area contributed by atoms with Crippen LogP contribution >= 0.6 is 11.3 Å². The molecule has 0 radical (unpaired) electrons. The molecule has 0 unspecified atom stereocenters. The molecule has 0 amide bonds. The van der Waals surface area contributed by atoms with E-state index < -0.39 is 0 Å². The Morgan fingerprint density at radius 2 is 2.00 bits per heavy atom. The van der Waals surface area contributed by atoms with Gasteiger partial charge in [-0.3, -0.25) is 14.8 Å². The molecule has 0 spiro atoms. The summed E-state index contributed by atoms with van der Waals surface area (Å²) in [4.78, 5) is 10.6. The predicted molar refractivity (Wildman–Crippen MR) is 94.7 cm³/mol. The number of morpholine rings is 1. The summed E-state index contributed by atoms with van der Waals surface area (Å²) in [5.41, 5.74) is 1.31. The van der Waals surface area contributed by atoms with E-state index in [4.69, 9.17) is 4.74 Å². The van der Waals surface area contributed by atoms with Crippen LogP contribution in [0.2, 0.25) is 0 Å². The van der Waals surface area contributed by atoms with E-state index in [-0.39, 0.29) is 0 Å². The Morgan fingerprint density at radius 1 is 1.26 bits per heavy atom. The van der Waals surface area contributed by atoms with Crippen LogP contribution in [0.25, 0.3) is 0 Å². The smallest absolute Gasteiger partial charge is 0.0594 e. The summed E-state index contributed by atoms with van der Waals surface area (Å²) in [5.74, 6) is 0. The number of thiophene rings is 1. The van der Waals surface area contributed by atoms with Gasteiger partial charge in [-0.1, -0.05) is 6.07 Å². The Morgan fingerprint density at radius 3 is 2.65 bits per heavy atom. The summed E-state index contributed by atoms with van der Waals surface area (Å²) in [7, 11) is 2.21.